The van der Waals surface area contributed by atoms with Crippen molar-refractivity contribution in [3.05, 3.63) is 124 Å². The van der Waals surface area contributed by atoms with Gasteiger partial charge < -0.3 is 9.57 Å². The van der Waals surface area contributed by atoms with Crippen LogP contribution in [0.25, 0.3) is 11.1 Å². The van der Waals surface area contributed by atoms with Crippen molar-refractivity contribution in [3.63, 3.8) is 0 Å². The number of fused-ring (bicyclic) bond motifs is 4. The van der Waals surface area contributed by atoms with Crippen LogP contribution in [0, 0.1) is 0 Å². The van der Waals surface area contributed by atoms with Gasteiger partial charge in [0, 0.05) is 11.6 Å². The standard InChI is InChI=1S/C30H19ClN2O6/c31-26-15-17(13-14-24(26)29(36)39-33-27(34)22-11-5-6-12-23(22)28(33)35)32-30(37)38-16-25-20-9-3-1-7-18(20)19-8-2-4-10-21(19)25/h1-15,25H,16H2,(H,32,37). The molecule has 39 heavy (non-hydrogen) atoms. The highest BCUT2D eigenvalue weighted by Gasteiger charge is 2.39. The third-order valence-corrected chi connectivity index (χ3v) is 7.02. The summed E-state index contributed by atoms with van der Waals surface area (Å²) in [5.74, 6) is -2.57. The normalized spacial score (nSPS) is 13.5. The van der Waals surface area contributed by atoms with Gasteiger partial charge in [0.25, 0.3) is 11.8 Å². The molecule has 2 aliphatic rings. The van der Waals surface area contributed by atoms with E-state index in [9.17, 15) is 19.2 Å². The summed E-state index contributed by atoms with van der Waals surface area (Å²) in [6.45, 7) is 0.137. The fourth-order valence-corrected chi connectivity index (χ4v) is 5.15. The number of ether oxygens (including phenoxy) is 1. The third-order valence-electron chi connectivity index (χ3n) is 6.71. The van der Waals surface area contributed by atoms with Gasteiger partial charge in [0.1, 0.15) is 6.61 Å². The van der Waals surface area contributed by atoms with Gasteiger partial charge in [0.2, 0.25) is 0 Å². The quantitative estimate of drug-likeness (QED) is 0.309. The first-order chi connectivity index (χ1) is 18.9. The van der Waals surface area contributed by atoms with Gasteiger partial charge in [-0.2, -0.15) is 0 Å². The minimum atomic E-state index is -0.998. The second kappa shape index (κ2) is 9.74. The lowest BCUT2D eigenvalue weighted by Crippen LogP contribution is -2.32. The van der Waals surface area contributed by atoms with Crippen LogP contribution in [0.3, 0.4) is 0 Å². The molecule has 1 aliphatic carbocycles. The minimum Gasteiger partial charge on any atom is -0.448 e. The van der Waals surface area contributed by atoms with E-state index in [1.165, 1.54) is 30.3 Å². The second-order valence-corrected chi connectivity index (χ2v) is 9.38. The van der Waals surface area contributed by atoms with Crippen molar-refractivity contribution in [1.29, 1.82) is 0 Å². The van der Waals surface area contributed by atoms with Crippen LogP contribution >= 0.6 is 11.6 Å². The van der Waals surface area contributed by atoms with Gasteiger partial charge in [0.05, 0.1) is 21.7 Å². The maximum Gasteiger partial charge on any atom is 0.411 e. The first-order valence-electron chi connectivity index (χ1n) is 12.0. The molecule has 1 aliphatic heterocycles. The number of halogens is 1. The highest BCUT2D eigenvalue weighted by atomic mass is 35.5. The monoisotopic (exact) mass is 538 g/mol. The molecular formula is C30H19ClN2O6. The number of hydrogen-bond donors (Lipinski definition) is 1. The number of imide groups is 1. The lowest BCUT2D eigenvalue weighted by Gasteiger charge is -2.15. The minimum absolute atomic E-state index is 0.0481. The van der Waals surface area contributed by atoms with Crippen LogP contribution in [0.4, 0.5) is 10.5 Å². The van der Waals surface area contributed by atoms with Crippen molar-refractivity contribution in [1.82, 2.24) is 5.06 Å². The molecule has 0 atom stereocenters. The lowest BCUT2D eigenvalue weighted by atomic mass is 9.98. The fraction of sp³-hybridized carbons (Fsp3) is 0.0667. The molecule has 1 N–H and O–H groups in total. The van der Waals surface area contributed by atoms with Gasteiger partial charge in [-0.25, -0.2) is 9.59 Å². The zero-order valence-corrected chi connectivity index (χ0v) is 21.0. The number of nitrogens with zero attached hydrogens (tertiary/aromatic N) is 1. The van der Waals surface area contributed by atoms with E-state index in [1.54, 1.807) is 12.1 Å². The van der Waals surface area contributed by atoms with Gasteiger partial charge in [-0.15, -0.1) is 0 Å². The number of rotatable bonds is 5. The third kappa shape index (κ3) is 4.30. The predicted molar refractivity (Wildman–Crippen MR) is 143 cm³/mol. The van der Waals surface area contributed by atoms with E-state index in [1.807, 2.05) is 36.4 Å². The molecule has 9 heteroatoms. The van der Waals surface area contributed by atoms with E-state index in [0.29, 0.717) is 5.06 Å². The summed E-state index contributed by atoms with van der Waals surface area (Å²) >= 11 is 6.27. The number of carbonyl (C=O) groups excluding carboxylic acids is 4. The fourth-order valence-electron chi connectivity index (χ4n) is 4.89. The van der Waals surface area contributed by atoms with Crippen molar-refractivity contribution in [2.45, 2.75) is 5.92 Å². The first kappa shape index (κ1) is 24.4. The Kier molecular flexibility index (Phi) is 6.09. The lowest BCUT2D eigenvalue weighted by molar-refractivity contribution is -0.0584. The number of benzene rings is 4. The van der Waals surface area contributed by atoms with Gasteiger partial charge in [-0.05, 0) is 52.6 Å². The molecule has 0 unspecified atom stereocenters. The summed E-state index contributed by atoms with van der Waals surface area (Å²) in [4.78, 5) is 55.2. The molecule has 0 saturated heterocycles. The molecule has 0 aromatic heterocycles. The van der Waals surface area contributed by atoms with Crippen LogP contribution in [0.2, 0.25) is 5.02 Å². The molecular weight excluding hydrogens is 520 g/mol. The summed E-state index contributed by atoms with van der Waals surface area (Å²) in [6, 6.07) is 26.3. The van der Waals surface area contributed by atoms with Crippen molar-refractivity contribution in [2.75, 3.05) is 11.9 Å². The number of anilines is 1. The Morgan fingerprint density at radius 3 is 1.87 bits per heavy atom. The Hall–Kier alpha value is -4.95. The zero-order chi connectivity index (χ0) is 27.1. The van der Waals surface area contributed by atoms with Gasteiger partial charge in [-0.1, -0.05) is 77.3 Å². The van der Waals surface area contributed by atoms with Crippen molar-refractivity contribution in [3.8, 4) is 11.1 Å². The predicted octanol–water partition coefficient (Wildman–Crippen LogP) is 6.07. The van der Waals surface area contributed by atoms with Crippen LogP contribution in [-0.4, -0.2) is 35.5 Å². The largest absolute Gasteiger partial charge is 0.448 e. The maximum absolute atomic E-state index is 12.7. The summed E-state index contributed by atoms with van der Waals surface area (Å²) in [5.41, 5.74) is 4.91. The van der Waals surface area contributed by atoms with Crippen LogP contribution in [0.15, 0.2) is 91.0 Å². The number of nitrogens with one attached hydrogen (secondary N) is 1. The number of amides is 3. The number of hydroxylamine groups is 2. The number of hydrogen-bond acceptors (Lipinski definition) is 6. The van der Waals surface area contributed by atoms with E-state index < -0.39 is 23.9 Å². The van der Waals surface area contributed by atoms with Crippen LogP contribution in [-0.2, 0) is 9.57 Å². The van der Waals surface area contributed by atoms with E-state index in [0.717, 1.165) is 22.3 Å². The Bertz CT molecular complexity index is 1600. The van der Waals surface area contributed by atoms with Gasteiger partial charge in [-0.3, -0.25) is 14.9 Å². The molecule has 0 spiro atoms. The maximum atomic E-state index is 12.7. The first-order valence-corrected chi connectivity index (χ1v) is 12.4. The average Bonchev–Trinajstić information content (AvgIpc) is 3.39. The molecule has 8 nitrogen and oxygen atoms in total. The van der Waals surface area contributed by atoms with Crippen molar-refractivity contribution in [2.24, 2.45) is 0 Å². The molecule has 4 aromatic rings. The van der Waals surface area contributed by atoms with Crippen molar-refractivity contribution < 1.29 is 28.8 Å². The summed E-state index contributed by atoms with van der Waals surface area (Å²) in [7, 11) is 0. The summed E-state index contributed by atoms with van der Waals surface area (Å²) in [5, 5.41) is 2.96. The Morgan fingerprint density at radius 2 is 1.31 bits per heavy atom. The molecule has 6 rings (SSSR count). The highest BCUT2D eigenvalue weighted by Crippen LogP contribution is 2.44. The summed E-state index contributed by atoms with van der Waals surface area (Å²) in [6.07, 6.45) is -0.686. The molecule has 3 amide bonds. The zero-order valence-electron chi connectivity index (χ0n) is 20.2. The number of carbonyl (C=O) groups is 4. The Morgan fingerprint density at radius 1 is 0.769 bits per heavy atom. The van der Waals surface area contributed by atoms with Crippen LogP contribution in [0.5, 0.6) is 0 Å². The van der Waals surface area contributed by atoms with E-state index >= 15 is 0 Å². The van der Waals surface area contributed by atoms with E-state index in [4.69, 9.17) is 21.2 Å². The van der Waals surface area contributed by atoms with Gasteiger partial charge >= 0.3 is 12.1 Å². The average molecular weight is 539 g/mol. The molecule has 0 saturated carbocycles. The van der Waals surface area contributed by atoms with Crippen molar-refractivity contribution >= 4 is 41.2 Å². The molecule has 0 fully saturated rings. The SMILES string of the molecule is O=C(Nc1ccc(C(=O)ON2C(=O)c3ccccc3C2=O)c(Cl)c1)OCC1c2ccccc2-c2ccccc21. The highest BCUT2D eigenvalue weighted by molar-refractivity contribution is 6.34. The smallest absolute Gasteiger partial charge is 0.411 e. The Balaban J connectivity index is 1.10. The van der Waals surface area contributed by atoms with Crippen LogP contribution in [0.1, 0.15) is 48.1 Å². The van der Waals surface area contributed by atoms with Crippen LogP contribution < -0.4 is 5.32 Å². The molecule has 1 heterocycles. The molecule has 192 valence electrons. The molecule has 4 aromatic carbocycles. The topological polar surface area (TPSA) is 102 Å². The Labute approximate surface area is 227 Å². The van der Waals surface area contributed by atoms with E-state index in [-0.39, 0.29) is 39.9 Å². The second-order valence-electron chi connectivity index (χ2n) is 8.97. The molecule has 0 radical (unpaired) electrons. The van der Waals surface area contributed by atoms with Gasteiger partial charge in [0.15, 0.2) is 0 Å². The van der Waals surface area contributed by atoms with E-state index in [2.05, 4.69) is 17.4 Å². The molecule has 0 bridgehead atoms. The summed E-state index contributed by atoms with van der Waals surface area (Å²) < 4.78 is 5.54.